The van der Waals surface area contributed by atoms with Crippen LogP contribution in [0, 0.1) is 13.8 Å². The second kappa shape index (κ2) is 5.53. The molecule has 1 atom stereocenters. The summed E-state index contributed by atoms with van der Waals surface area (Å²) in [6, 6.07) is 6.67. The summed E-state index contributed by atoms with van der Waals surface area (Å²) in [6.07, 6.45) is 2.41. The third kappa shape index (κ3) is 3.33. The number of hydrogen-bond acceptors (Lipinski definition) is 2. The first-order chi connectivity index (χ1) is 8.54. The van der Waals surface area contributed by atoms with Crippen molar-refractivity contribution in [2.45, 2.75) is 39.7 Å². The lowest BCUT2D eigenvalue weighted by atomic mass is 10.1. The Morgan fingerprint density at radius 2 is 2.00 bits per heavy atom. The number of likely N-dealkylation sites (tertiary alicyclic amines) is 1. The molecule has 1 amide bonds. The predicted octanol–water partition coefficient (Wildman–Crippen LogP) is 2.73. The summed E-state index contributed by atoms with van der Waals surface area (Å²) < 4.78 is 0. The van der Waals surface area contributed by atoms with Crippen LogP contribution in [0.2, 0.25) is 0 Å². The smallest absolute Gasteiger partial charge is 0.238 e. The van der Waals surface area contributed by atoms with Crippen LogP contribution in [0.4, 0.5) is 5.69 Å². The van der Waals surface area contributed by atoms with E-state index in [4.69, 9.17) is 0 Å². The molecule has 1 aromatic rings. The average molecular weight is 246 g/mol. The van der Waals surface area contributed by atoms with Gasteiger partial charge in [0.05, 0.1) is 6.54 Å². The first-order valence-corrected chi connectivity index (χ1v) is 6.67. The van der Waals surface area contributed by atoms with E-state index in [1.165, 1.54) is 24.0 Å². The van der Waals surface area contributed by atoms with Crippen molar-refractivity contribution in [1.29, 1.82) is 0 Å². The maximum absolute atomic E-state index is 12.0. The molecule has 0 aliphatic carbocycles. The second-order valence-corrected chi connectivity index (χ2v) is 5.39. The van der Waals surface area contributed by atoms with E-state index in [2.05, 4.69) is 23.2 Å². The number of benzene rings is 1. The molecule has 98 valence electrons. The minimum Gasteiger partial charge on any atom is -0.325 e. The monoisotopic (exact) mass is 246 g/mol. The first-order valence-electron chi connectivity index (χ1n) is 6.67. The van der Waals surface area contributed by atoms with Crippen LogP contribution in [0.15, 0.2) is 18.2 Å². The summed E-state index contributed by atoms with van der Waals surface area (Å²) in [5, 5.41) is 2.99. The molecule has 0 radical (unpaired) electrons. The molecule has 1 aliphatic heterocycles. The van der Waals surface area contributed by atoms with Gasteiger partial charge in [-0.3, -0.25) is 9.69 Å². The molecule has 1 N–H and O–H groups in total. The van der Waals surface area contributed by atoms with Gasteiger partial charge < -0.3 is 5.32 Å². The lowest BCUT2D eigenvalue weighted by Crippen LogP contribution is -2.35. The Bertz CT molecular complexity index is 422. The van der Waals surface area contributed by atoms with Gasteiger partial charge in [0.1, 0.15) is 0 Å². The maximum Gasteiger partial charge on any atom is 0.238 e. The van der Waals surface area contributed by atoms with Crippen LogP contribution in [0.25, 0.3) is 0 Å². The van der Waals surface area contributed by atoms with Crippen molar-refractivity contribution < 1.29 is 4.79 Å². The number of carbonyl (C=O) groups is 1. The summed E-state index contributed by atoms with van der Waals surface area (Å²) in [7, 11) is 0. The highest BCUT2D eigenvalue weighted by Gasteiger charge is 2.22. The lowest BCUT2D eigenvalue weighted by molar-refractivity contribution is -0.117. The molecule has 1 unspecified atom stereocenters. The Hall–Kier alpha value is -1.35. The van der Waals surface area contributed by atoms with E-state index in [1.54, 1.807) is 0 Å². The Morgan fingerprint density at radius 3 is 2.56 bits per heavy atom. The summed E-state index contributed by atoms with van der Waals surface area (Å²) in [6.45, 7) is 7.84. The number of amides is 1. The van der Waals surface area contributed by atoms with Crippen molar-refractivity contribution in [3.05, 3.63) is 29.3 Å². The number of rotatable bonds is 3. The van der Waals surface area contributed by atoms with Crippen LogP contribution in [-0.4, -0.2) is 29.9 Å². The molecule has 2 rings (SSSR count). The van der Waals surface area contributed by atoms with Crippen molar-refractivity contribution >= 4 is 11.6 Å². The predicted molar refractivity (Wildman–Crippen MR) is 74.8 cm³/mol. The molecule has 0 spiro atoms. The molecule has 3 heteroatoms. The van der Waals surface area contributed by atoms with Gasteiger partial charge in [-0.15, -0.1) is 0 Å². The molecule has 1 aliphatic rings. The number of hydrogen-bond donors (Lipinski definition) is 1. The number of anilines is 1. The molecule has 1 fully saturated rings. The fraction of sp³-hybridized carbons (Fsp3) is 0.533. The number of nitrogens with zero attached hydrogens (tertiary/aromatic N) is 1. The summed E-state index contributed by atoms with van der Waals surface area (Å²) in [4.78, 5) is 14.2. The fourth-order valence-corrected chi connectivity index (χ4v) is 2.66. The second-order valence-electron chi connectivity index (χ2n) is 5.39. The molecule has 18 heavy (non-hydrogen) atoms. The Labute approximate surface area is 109 Å². The molecule has 0 aromatic heterocycles. The van der Waals surface area contributed by atoms with E-state index in [0.29, 0.717) is 12.6 Å². The highest BCUT2D eigenvalue weighted by molar-refractivity contribution is 5.92. The molecule has 1 aromatic carbocycles. The van der Waals surface area contributed by atoms with Gasteiger partial charge in [0, 0.05) is 11.7 Å². The van der Waals surface area contributed by atoms with Crippen LogP contribution >= 0.6 is 0 Å². The molecule has 0 bridgehead atoms. The third-order valence-corrected chi connectivity index (χ3v) is 3.54. The largest absolute Gasteiger partial charge is 0.325 e. The van der Waals surface area contributed by atoms with Crippen LogP contribution in [0.1, 0.15) is 30.9 Å². The zero-order valence-electron chi connectivity index (χ0n) is 11.5. The zero-order valence-corrected chi connectivity index (χ0v) is 11.5. The van der Waals surface area contributed by atoms with Gasteiger partial charge in [-0.2, -0.15) is 0 Å². The summed E-state index contributed by atoms with van der Waals surface area (Å²) in [5.41, 5.74) is 3.27. The van der Waals surface area contributed by atoms with Crippen LogP contribution < -0.4 is 5.32 Å². The Morgan fingerprint density at radius 1 is 1.33 bits per heavy atom. The number of nitrogens with one attached hydrogen (secondary N) is 1. The van der Waals surface area contributed by atoms with Gasteiger partial charge in [-0.1, -0.05) is 6.07 Å². The summed E-state index contributed by atoms with van der Waals surface area (Å²) in [5.74, 6) is 0.0914. The van der Waals surface area contributed by atoms with Gasteiger partial charge in [-0.05, 0) is 63.4 Å². The minimum absolute atomic E-state index is 0.0914. The van der Waals surface area contributed by atoms with Gasteiger partial charge in [-0.25, -0.2) is 0 Å². The first kappa shape index (κ1) is 13.1. The standard InChI is InChI=1S/C15H22N2O/c1-11-7-12(2)9-14(8-11)16-15(18)10-17-6-4-5-13(17)3/h7-9,13H,4-6,10H2,1-3H3,(H,16,18). The van der Waals surface area contributed by atoms with Crippen LogP contribution in [0.5, 0.6) is 0 Å². The maximum atomic E-state index is 12.0. The minimum atomic E-state index is 0.0914. The lowest BCUT2D eigenvalue weighted by Gasteiger charge is -2.20. The van der Waals surface area contributed by atoms with Crippen molar-refractivity contribution in [2.75, 3.05) is 18.4 Å². The topological polar surface area (TPSA) is 32.3 Å². The molecule has 1 saturated heterocycles. The third-order valence-electron chi connectivity index (χ3n) is 3.54. The van der Waals surface area contributed by atoms with E-state index in [0.717, 1.165) is 12.2 Å². The highest BCUT2D eigenvalue weighted by atomic mass is 16.2. The quantitative estimate of drug-likeness (QED) is 0.889. The number of aryl methyl sites for hydroxylation is 2. The Balaban J connectivity index is 1.94. The molecular weight excluding hydrogens is 224 g/mol. The molecule has 3 nitrogen and oxygen atoms in total. The van der Waals surface area contributed by atoms with Crippen molar-refractivity contribution in [1.82, 2.24) is 4.90 Å². The molecule has 1 heterocycles. The van der Waals surface area contributed by atoms with Gasteiger partial charge in [0.25, 0.3) is 0 Å². The average Bonchev–Trinajstić information content (AvgIpc) is 2.62. The van der Waals surface area contributed by atoms with Gasteiger partial charge >= 0.3 is 0 Å². The highest BCUT2D eigenvalue weighted by Crippen LogP contribution is 2.17. The van der Waals surface area contributed by atoms with E-state index in [-0.39, 0.29) is 5.91 Å². The molecule has 0 saturated carbocycles. The van der Waals surface area contributed by atoms with Crippen molar-refractivity contribution in [3.8, 4) is 0 Å². The van der Waals surface area contributed by atoms with E-state index in [9.17, 15) is 4.79 Å². The van der Waals surface area contributed by atoms with Gasteiger partial charge in [0.15, 0.2) is 0 Å². The van der Waals surface area contributed by atoms with E-state index < -0.39 is 0 Å². The van der Waals surface area contributed by atoms with Crippen LogP contribution in [0.3, 0.4) is 0 Å². The van der Waals surface area contributed by atoms with Crippen LogP contribution in [-0.2, 0) is 4.79 Å². The zero-order chi connectivity index (χ0) is 13.1. The van der Waals surface area contributed by atoms with E-state index >= 15 is 0 Å². The SMILES string of the molecule is Cc1cc(C)cc(NC(=O)CN2CCCC2C)c1. The van der Waals surface area contributed by atoms with Crippen molar-refractivity contribution in [2.24, 2.45) is 0 Å². The van der Waals surface area contributed by atoms with E-state index in [1.807, 2.05) is 26.0 Å². The normalized spacial score (nSPS) is 20.1. The fourth-order valence-electron chi connectivity index (χ4n) is 2.66. The molecular formula is C15H22N2O. The number of carbonyl (C=O) groups excluding carboxylic acids is 1. The Kier molecular flexibility index (Phi) is 4.02. The summed E-state index contributed by atoms with van der Waals surface area (Å²) >= 11 is 0. The van der Waals surface area contributed by atoms with Crippen molar-refractivity contribution in [3.63, 3.8) is 0 Å². The van der Waals surface area contributed by atoms with Gasteiger partial charge in [0.2, 0.25) is 5.91 Å².